The lowest BCUT2D eigenvalue weighted by molar-refractivity contribution is 0.249. The Hall–Kier alpha value is -3.50. The summed E-state index contributed by atoms with van der Waals surface area (Å²) in [6.45, 7) is 7.75. The number of fused-ring (bicyclic) bond motifs is 1. The summed E-state index contributed by atoms with van der Waals surface area (Å²) in [6.07, 6.45) is 3.90. The first-order valence-corrected chi connectivity index (χ1v) is 13.2. The van der Waals surface area contributed by atoms with Crippen molar-refractivity contribution in [3.8, 4) is 28.0 Å². The highest BCUT2D eigenvalue weighted by Crippen LogP contribution is 2.42. The van der Waals surface area contributed by atoms with Gasteiger partial charge in [0.05, 0.1) is 12.5 Å². The molecule has 1 aromatic carbocycles. The fraction of sp³-hybridized carbons (Fsp3) is 0.407. The van der Waals surface area contributed by atoms with Gasteiger partial charge in [-0.1, -0.05) is 17.4 Å². The molecule has 1 aliphatic rings. The SMILES string of the molecule is COc1ccc(C)c(Oc2nc(N3CCC(N(C)C)CC3)cc3c(-c4nnc(C)s4)cnc(N)c23)c1C. The zero-order valence-electron chi connectivity index (χ0n) is 22.2. The third-order valence-electron chi connectivity index (χ3n) is 7.10. The van der Waals surface area contributed by atoms with Crippen molar-refractivity contribution in [2.24, 2.45) is 0 Å². The van der Waals surface area contributed by atoms with Gasteiger partial charge in [0, 0.05) is 41.8 Å². The number of nitrogen functional groups attached to an aromatic ring is 1. The van der Waals surface area contributed by atoms with Gasteiger partial charge in [-0.3, -0.25) is 0 Å². The first kappa shape index (κ1) is 25.2. The van der Waals surface area contributed by atoms with Crippen LogP contribution in [0.3, 0.4) is 0 Å². The number of nitrogens with zero attached hydrogens (tertiary/aromatic N) is 6. The molecule has 194 valence electrons. The summed E-state index contributed by atoms with van der Waals surface area (Å²) in [5.41, 5.74) is 9.21. The number of nitrogens with two attached hydrogens (primary N) is 1. The average Bonchev–Trinajstić information content (AvgIpc) is 3.32. The van der Waals surface area contributed by atoms with Gasteiger partial charge in [0.1, 0.15) is 33.1 Å². The summed E-state index contributed by atoms with van der Waals surface area (Å²) in [5, 5.41) is 11.9. The molecule has 10 heteroatoms. The van der Waals surface area contributed by atoms with E-state index >= 15 is 0 Å². The molecule has 2 N–H and O–H groups in total. The first-order chi connectivity index (χ1) is 17.8. The predicted molar refractivity (Wildman–Crippen MR) is 149 cm³/mol. The molecule has 0 amide bonds. The molecule has 1 aliphatic heterocycles. The van der Waals surface area contributed by atoms with E-state index in [1.54, 1.807) is 13.3 Å². The van der Waals surface area contributed by atoms with E-state index in [-0.39, 0.29) is 0 Å². The quantitative estimate of drug-likeness (QED) is 0.377. The second-order valence-electron chi connectivity index (χ2n) is 9.71. The fourth-order valence-electron chi connectivity index (χ4n) is 4.94. The van der Waals surface area contributed by atoms with Gasteiger partial charge in [-0.05, 0) is 65.4 Å². The number of aryl methyl sites for hydroxylation is 2. The van der Waals surface area contributed by atoms with Crippen LogP contribution in [0.2, 0.25) is 0 Å². The fourth-order valence-corrected chi connectivity index (χ4v) is 5.66. The molecule has 1 fully saturated rings. The minimum Gasteiger partial charge on any atom is -0.496 e. The van der Waals surface area contributed by atoms with Gasteiger partial charge in [0.15, 0.2) is 0 Å². The Labute approximate surface area is 221 Å². The van der Waals surface area contributed by atoms with Gasteiger partial charge in [0.2, 0.25) is 5.88 Å². The Balaban J connectivity index is 1.69. The Morgan fingerprint density at radius 1 is 1.11 bits per heavy atom. The van der Waals surface area contributed by atoms with E-state index in [0.29, 0.717) is 28.9 Å². The molecule has 0 radical (unpaired) electrons. The lowest BCUT2D eigenvalue weighted by Crippen LogP contribution is -2.42. The molecule has 0 aliphatic carbocycles. The van der Waals surface area contributed by atoms with E-state index in [4.69, 9.17) is 20.2 Å². The van der Waals surface area contributed by atoms with Gasteiger partial charge in [-0.2, -0.15) is 4.98 Å². The standard InChI is InChI=1S/C27H33N7O2S/c1-15-7-8-21(35-6)16(2)24(15)36-26-23-19(20(14-29-25(23)28)27-32-31-17(3)37-27)13-22(30-26)34-11-9-18(10-12-34)33(4)5/h7-8,13-14,18H,9-12H2,1-6H3,(H2,28,29). The van der Waals surface area contributed by atoms with Crippen LogP contribution in [0.25, 0.3) is 21.3 Å². The van der Waals surface area contributed by atoms with Crippen LogP contribution in [0.4, 0.5) is 11.6 Å². The van der Waals surface area contributed by atoms with Crippen LogP contribution >= 0.6 is 11.3 Å². The van der Waals surface area contributed by atoms with Gasteiger partial charge >= 0.3 is 0 Å². The summed E-state index contributed by atoms with van der Waals surface area (Å²) in [4.78, 5) is 14.1. The third-order valence-corrected chi connectivity index (χ3v) is 7.97. The molecule has 0 atom stereocenters. The van der Waals surface area contributed by atoms with Gasteiger partial charge in [-0.25, -0.2) is 4.98 Å². The summed E-state index contributed by atoms with van der Waals surface area (Å²) in [6, 6.07) is 6.58. The van der Waals surface area contributed by atoms with Crippen LogP contribution in [0.1, 0.15) is 29.0 Å². The van der Waals surface area contributed by atoms with Crippen molar-refractivity contribution in [2.45, 2.75) is 39.7 Å². The Morgan fingerprint density at radius 3 is 2.51 bits per heavy atom. The average molecular weight is 520 g/mol. The maximum atomic E-state index is 6.58. The van der Waals surface area contributed by atoms with E-state index in [2.05, 4.69) is 45.1 Å². The number of ether oxygens (including phenoxy) is 2. The largest absolute Gasteiger partial charge is 0.496 e. The van der Waals surface area contributed by atoms with Crippen molar-refractivity contribution in [1.29, 1.82) is 0 Å². The maximum Gasteiger partial charge on any atom is 0.232 e. The summed E-state index contributed by atoms with van der Waals surface area (Å²) in [7, 11) is 5.95. The molecule has 0 spiro atoms. The molecule has 1 saturated heterocycles. The molecule has 5 rings (SSSR count). The highest BCUT2D eigenvalue weighted by molar-refractivity contribution is 7.14. The number of pyridine rings is 2. The number of aromatic nitrogens is 4. The number of rotatable bonds is 6. The van der Waals surface area contributed by atoms with Gasteiger partial charge < -0.3 is 25.0 Å². The van der Waals surface area contributed by atoms with E-state index < -0.39 is 0 Å². The van der Waals surface area contributed by atoms with E-state index in [1.165, 1.54) is 11.3 Å². The second-order valence-corrected chi connectivity index (χ2v) is 10.9. The van der Waals surface area contributed by atoms with Crippen molar-refractivity contribution in [2.75, 3.05) is 44.9 Å². The zero-order chi connectivity index (χ0) is 26.3. The van der Waals surface area contributed by atoms with Crippen LogP contribution in [-0.4, -0.2) is 65.4 Å². The Morgan fingerprint density at radius 2 is 1.86 bits per heavy atom. The molecular formula is C27H33N7O2S. The molecule has 0 saturated carbocycles. The molecular weight excluding hydrogens is 486 g/mol. The number of benzene rings is 1. The summed E-state index contributed by atoms with van der Waals surface area (Å²) in [5.74, 6) is 3.09. The van der Waals surface area contributed by atoms with Crippen LogP contribution in [0, 0.1) is 20.8 Å². The molecule has 9 nitrogen and oxygen atoms in total. The van der Waals surface area contributed by atoms with Crippen LogP contribution in [0.5, 0.6) is 17.4 Å². The van der Waals surface area contributed by atoms with E-state index in [1.807, 2.05) is 32.9 Å². The highest BCUT2D eigenvalue weighted by Gasteiger charge is 2.25. The van der Waals surface area contributed by atoms with Crippen molar-refractivity contribution in [1.82, 2.24) is 25.1 Å². The van der Waals surface area contributed by atoms with E-state index in [0.717, 1.165) is 69.6 Å². The number of hydrogen-bond acceptors (Lipinski definition) is 10. The van der Waals surface area contributed by atoms with Crippen molar-refractivity contribution >= 4 is 33.7 Å². The predicted octanol–water partition coefficient (Wildman–Crippen LogP) is 4.99. The smallest absolute Gasteiger partial charge is 0.232 e. The molecule has 4 aromatic rings. The Kier molecular flexibility index (Phi) is 6.87. The van der Waals surface area contributed by atoms with Crippen molar-refractivity contribution in [3.05, 3.63) is 40.5 Å². The molecule has 0 unspecified atom stereocenters. The second kappa shape index (κ2) is 10.1. The van der Waals surface area contributed by atoms with Crippen molar-refractivity contribution < 1.29 is 9.47 Å². The maximum absolute atomic E-state index is 6.58. The summed E-state index contributed by atoms with van der Waals surface area (Å²) < 4.78 is 12.1. The number of piperidine rings is 1. The number of hydrogen-bond donors (Lipinski definition) is 1. The van der Waals surface area contributed by atoms with Gasteiger partial charge in [0.25, 0.3) is 0 Å². The minimum atomic E-state index is 0.360. The number of methoxy groups -OCH3 is 1. The first-order valence-electron chi connectivity index (χ1n) is 12.4. The topological polar surface area (TPSA) is 103 Å². The minimum absolute atomic E-state index is 0.360. The lowest BCUT2D eigenvalue weighted by Gasteiger charge is -2.36. The highest BCUT2D eigenvalue weighted by atomic mass is 32.1. The molecule has 0 bridgehead atoms. The lowest BCUT2D eigenvalue weighted by atomic mass is 10.0. The molecule has 4 heterocycles. The van der Waals surface area contributed by atoms with Crippen molar-refractivity contribution in [3.63, 3.8) is 0 Å². The molecule has 3 aromatic heterocycles. The number of anilines is 2. The monoisotopic (exact) mass is 519 g/mol. The van der Waals surface area contributed by atoms with Gasteiger partial charge in [-0.15, -0.1) is 10.2 Å². The third kappa shape index (κ3) is 4.78. The van der Waals surface area contributed by atoms with Crippen LogP contribution < -0.4 is 20.1 Å². The zero-order valence-corrected chi connectivity index (χ0v) is 23.0. The molecule has 37 heavy (non-hydrogen) atoms. The van der Waals surface area contributed by atoms with Crippen LogP contribution in [0.15, 0.2) is 24.4 Å². The van der Waals surface area contributed by atoms with Crippen LogP contribution in [-0.2, 0) is 0 Å². The Bertz CT molecular complexity index is 1440. The normalized spacial score (nSPS) is 14.5. The summed E-state index contributed by atoms with van der Waals surface area (Å²) >= 11 is 1.53. The van der Waals surface area contributed by atoms with E-state index in [9.17, 15) is 0 Å².